The largest absolute Gasteiger partial charge is 0.324 e. The average Bonchev–Trinajstić information content (AvgIpc) is 3.12. The Kier molecular flexibility index (Phi) is 5.10. The van der Waals surface area contributed by atoms with Gasteiger partial charge in [0, 0.05) is 37.7 Å². The lowest BCUT2D eigenvalue weighted by atomic mass is 10.2. The summed E-state index contributed by atoms with van der Waals surface area (Å²) < 4.78 is 32.3. The molecule has 0 amide bonds. The fourth-order valence-electron chi connectivity index (χ4n) is 2.72. The molecule has 0 unspecified atom stereocenters. The molecule has 1 aromatic carbocycles. The van der Waals surface area contributed by atoms with Crippen LogP contribution in [-0.2, 0) is 10.0 Å². The van der Waals surface area contributed by atoms with Crippen LogP contribution >= 0.6 is 0 Å². The van der Waals surface area contributed by atoms with Gasteiger partial charge in [-0.1, -0.05) is 31.1 Å². The Labute approximate surface area is 152 Å². The number of anilines is 1. The van der Waals surface area contributed by atoms with E-state index in [9.17, 15) is 13.2 Å². The molecule has 26 heavy (non-hydrogen) atoms. The first-order valence-corrected chi connectivity index (χ1v) is 9.92. The number of ketones is 1. The summed E-state index contributed by atoms with van der Waals surface area (Å²) in [5, 5.41) is 3.94. The molecule has 0 saturated carbocycles. The van der Waals surface area contributed by atoms with Crippen molar-refractivity contribution in [2.45, 2.75) is 31.6 Å². The second kappa shape index (κ2) is 7.16. The van der Waals surface area contributed by atoms with Crippen molar-refractivity contribution >= 4 is 21.8 Å². The third kappa shape index (κ3) is 3.63. The molecule has 1 aromatic heterocycles. The molecule has 2 aromatic rings. The van der Waals surface area contributed by atoms with Crippen molar-refractivity contribution in [3.63, 3.8) is 0 Å². The van der Waals surface area contributed by atoms with E-state index in [1.807, 2.05) is 18.7 Å². The highest BCUT2D eigenvalue weighted by Gasteiger charge is 2.30. The third-order valence-corrected chi connectivity index (χ3v) is 6.27. The van der Waals surface area contributed by atoms with E-state index in [0.29, 0.717) is 43.6 Å². The van der Waals surface area contributed by atoms with E-state index in [1.165, 1.54) is 35.5 Å². The van der Waals surface area contributed by atoms with Crippen molar-refractivity contribution in [1.29, 1.82) is 0 Å². The lowest BCUT2D eigenvalue weighted by molar-refractivity contribution is 0.101. The molecule has 1 fully saturated rings. The summed E-state index contributed by atoms with van der Waals surface area (Å²) in [5.74, 6) is 0.718. The van der Waals surface area contributed by atoms with Gasteiger partial charge in [-0.3, -0.25) is 4.79 Å². The summed E-state index contributed by atoms with van der Waals surface area (Å²) in [7, 11) is -3.59. The van der Waals surface area contributed by atoms with Gasteiger partial charge in [-0.25, -0.2) is 8.42 Å². The number of hydrogen-bond acceptors (Lipinski definition) is 7. The van der Waals surface area contributed by atoms with E-state index in [2.05, 4.69) is 10.1 Å². The van der Waals surface area contributed by atoms with E-state index in [0.717, 1.165) is 0 Å². The van der Waals surface area contributed by atoms with E-state index < -0.39 is 10.0 Å². The molecule has 8 nitrogen and oxygen atoms in total. The number of benzene rings is 1. The van der Waals surface area contributed by atoms with Crippen LogP contribution in [0.5, 0.6) is 0 Å². The highest BCUT2D eigenvalue weighted by Crippen LogP contribution is 2.22. The predicted octanol–water partition coefficient (Wildman–Crippen LogP) is 1.91. The molecule has 140 valence electrons. The molecule has 0 radical (unpaired) electrons. The van der Waals surface area contributed by atoms with E-state index in [1.54, 1.807) is 0 Å². The fraction of sp³-hybridized carbons (Fsp3) is 0.471. The molecule has 0 atom stereocenters. The molecular formula is C17H22N4O4S. The molecule has 1 aliphatic rings. The zero-order valence-electron chi connectivity index (χ0n) is 15.0. The Morgan fingerprint density at radius 1 is 1.12 bits per heavy atom. The lowest BCUT2D eigenvalue weighted by Crippen LogP contribution is -2.48. The summed E-state index contributed by atoms with van der Waals surface area (Å²) in [6.45, 7) is 7.03. The molecule has 2 heterocycles. The van der Waals surface area contributed by atoms with Gasteiger partial charge in [-0.15, -0.1) is 0 Å². The highest BCUT2D eigenvalue weighted by atomic mass is 32.2. The normalized spacial score (nSPS) is 16.2. The summed E-state index contributed by atoms with van der Waals surface area (Å²) in [6, 6.07) is 6.46. The number of piperazine rings is 1. The Morgan fingerprint density at radius 3 is 2.23 bits per heavy atom. The minimum Gasteiger partial charge on any atom is -0.322 e. The van der Waals surface area contributed by atoms with Crippen molar-refractivity contribution in [3.8, 4) is 0 Å². The first-order chi connectivity index (χ1) is 12.3. The average molecular weight is 378 g/mol. The summed E-state index contributed by atoms with van der Waals surface area (Å²) in [5.41, 5.74) is 0.492. The van der Waals surface area contributed by atoms with Gasteiger partial charge in [0.25, 0.3) is 0 Å². The highest BCUT2D eigenvalue weighted by molar-refractivity contribution is 7.89. The van der Waals surface area contributed by atoms with Crippen molar-refractivity contribution in [1.82, 2.24) is 14.4 Å². The van der Waals surface area contributed by atoms with Gasteiger partial charge in [0.15, 0.2) is 11.6 Å². The quantitative estimate of drug-likeness (QED) is 0.733. The molecule has 0 bridgehead atoms. The van der Waals surface area contributed by atoms with Crippen LogP contribution in [-0.4, -0.2) is 54.8 Å². The van der Waals surface area contributed by atoms with Gasteiger partial charge in [-0.2, -0.15) is 9.29 Å². The van der Waals surface area contributed by atoms with Crippen LogP contribution in [0.4, 0.5) is 6.01 Å². The second-order valence-corrected chi connectivity index (χ2v) is 8.50. The SMILES string of the molecule is CC(=O)c1ccc(S(=O)(=O)N2CCN(c3nc(C(C)C)no3)CC2)cc1. The van der Waals surface area contributed by atoms with Crippen LogP contribution < -0.4 is 4.90 Å². The Bertz CT molecular complexity index is 882. The van der Waals surface area contributed by atoms with Gasteiger partial charge in [0.1, 0.15) is 0 Å². The van der Waals surface area contributed by atoms with Crippen molar-refractivity contribution in [3.05, 3.63) is 35.7 Å². The maximum atomic E-state index is 12.8. The van der Waals surface area contributed by atoms with Crippen molar-refractivity contribution in [2.75, 3.05) is 31.1 Å². The zero-order valence-corrected chi connectivity index (χ0v) is 15.9. The topological polar surface area (TPSA) is 96.6 Å². The maximum Gasteiger partial charge on any atom is 0.324 e. The number of carbonyl (C=O) groups excluding carboxylic acids is 1. The molecule has 1 saturated heterocycles. The maximum absolute atomic E-state index is 12.8. The second-order valence-electron chi connectivity index (χ2n) is 6.56. The Balaban J connectivity index is 1.69. The van der Waals surface area contributed by atoms with Crippen molar-refractivity contribution in [2.24, 2.45) is 0 Å². The number of aromatic nitrogens is 2. The van der Waals surface area contributed by atoms with Crippen LogP contribution in [0.15, 0.2) is 33.7 Å². The third-order valence-electron chi connectivity index (χ3n) is 4.36. The minimum absolute atomic E-state index is 0.0945. The summed E-state index contributed by atoms with van der Waals surface area (Å²) in [4.78, 5) is 17.8. The van der Waals surface area contributed by atoms with Gasteiger partial charge in [0.2, 0.25) is 10.0 Å². The Hall–Kier alpha value is -2.26. The van der Waals surface area contributed by atoms with Crippen molar-refractivity contribution < 1.29 is 17.7 Å². The van der Waals surface area contributed by atoms with E-state index in [-0.39, 0.29) is 16.6 Å². The predicted molar refractivity (Wildman–Crippen MR) is 95.8 cm³/mol. The van der Waals surface area contributed by atoms with Crippen LogP contribution in [0.25, 0.3) is 0 Å². The Morgan fingerprint density at radius 2 is 1.73 bits per heavy atom. The van der Waals surface area contributed by atoms with Gasteiger partial charge in [-0.05, 0) is 19.1 Å². The molecular weight excluding hydrogens is 356 g/mol. The van der Waals surface area contributed by atoms with Crippen LogP contribution in [0.2, 0.25) is 0 Å². The smallest absolute Gasteiger partial charge is 0.322 e. The molecule has 0 aliphatic carbocycles. The molecule has 1 aliphatic heterocycles. The number of Topliss-reactive ketones (excluding diaryl/α,β-unsaturated/α-hetero) is 1. The molecule has 0 spiro atoms. The molecule has 3 rings (SSSR count). The minimum atomic E-state index is -3.59. The summed E-state index contributed by atoms with van der Waals surface area (Å²) >= 11 is 0. The number of carbonyl (C=O) groups is 1. The molecule has 9 heteroatoms. The van der Waals surface area contributed by atoms with Gasteiger partial charge < -0.3 is 9.42 Å². The van der Waals surface area contributed by atoms with Gasteiger partial charge in [0.05, 0.1) is 4.90 Å². The molecule has 0 N–H and O–H groups in total. The zero-order chi connectivity index (χ0) is 18.9. The van der Waals surface area contributed by atoms with Crippen LogP contribution in [0.1, 0.15) is 42.9 Å². The number of nitrogens with zero attached hydrogens (tertiary/aromatic N) is 4. The number of sulfonamides is 1. The summed E-state index contributed by atoms with van der Waals surface area (Å²) in [6.07, 6.45) is 0. The first-order valence-electron chi connectivity index (χ1n) is 8.48. The first kappa shape index (κ1) is 18.5. The fourth-order valence-corrected chi connectivity index (χ4v) is 4.14. The standard InChI is InChI=1S/C17H22N4O4S/c1-12(2)16-18-17(25-19-16)20-8-10-21(11-9-20)26(23,24)15-6-4-14(5-7-15)13(3)22/h4-7,12H,8-11H2,1-3H3. The van der Waals surface area contributed by atoms with Crippen LogP contribution in [0, 0.1) is 0 Å². The monoisotopic (exact) mass is 378 g/mol. The number of hydrogen-bond donors (Lipinski definition) is 0. The van der Waals surface area contributed by atoms with Crippen LogP contribution in [0.3, 0.4) is 0 Å². The number of rotatable bonds is 5. The van der Waals surface area contributed by atoms with Gasteiger partial charge >= 0.3 is 6.01 Å². The van der Waals surface area contributed by atoms with E-state index >= 15 is 0 Å². The van der Waals surface area contributed by atoms with E-state index in [4.69, 9.17) is 4.52 Å². The lowest BCUT2D eigenvalue weighted by Gasteiger charge is -2.32.